The molecule has 22 heavy (non-hydrogen) atoms. The normalized spacial score (nSPS) is 32.5. The van der Waals surface area contributed by atoms with Crippen LogP contribution in [0.1, 0.15) is 50.0 Å². The molecule has 0 heterocycles. The smallest absolute Gasteiger partial charge is 0.311 e. The zero-order chi connectivity index (χ0) is 15.7. The van der Waals surface area contributed by atoms with Gasteiger partial charge in [-0.05, 0) is 55.7 Å². The second-order valence-electron chi connectivity index (χ2n) is 6.69. The van der Waals surface area contributed by atoms with E-state index in [9.17, 15) is 17.6 Å². The van der Waals surface area contributed by atoms with Crippen molar-refractivity contribution < 1.29 is 17.6 Å². The molecule has 1 aromatic rings. The molecule has 2 atom stereocenters. The predicted molar refractivity (Wildman–Crippen MR) is 77.1 cm³/mol. The third-order valence-corrected chi connectivity index (χ3v) is 5.09. The average Bonchev–Trinajstić information content (AvgIpc) is 2.43. The zero-order valence-electron chi connectivity index (χ0n) is 12.4. The van der Waals surface area contributed by atoms with Gasteiger partial charge in [0, 0.05) is 12.1 Å². The van der Waals surface area contributed by atoms with Gasteiger partial charge in [-0.1, -0.05) is 18.6 Å². The Kier molecular flexibility index (Phi) is 4.44. The monoisotopic (exact) mass is 315 g/mol. The zero-order valence-corrected chi connectivity index (χ0v) is 12.4. The van der Waals surface area contributed by atoms with Crippen LogP contribution in [0, 0.1) is 11.7 Å². The first-order valence-corrected chi connectivity index (χ1v) is 8.00. The van der Waals surface area contributed by atoms with Gasteiger partial charge in [-0.2, -0.15) is 13.2 Å². The van der Waals surface area contributed by atoms with Crippen LogP contribution >= 0.6 is 0 Å². The lowest BCUT2D eigenvalue weighted by molar-refractivity contribution is -0.184. The number of rotatable bonds is 3. The van der Waals surface area contributed by atoms with Gasteiger partial charge < -0.3 is 5.32 Å². The Bertz CT molecular complexity index is 490. The Morgan fingerprint density at radius 1 is 0.909 bits per heavy atom. The Morgan fingerprint density at radius 3 is 2.23 bits per heavy atom. The lowest BCUT2D eigenvalue weighted by Gasteiger charge is -2.41. The molecule has 0 aliphatic heterocycles. The first-order chi connectivity index (χ1) is 10.4. The van der Waals surface area contributed by atoms with Gasteiger partial charge >= 0.3 is 6.18 Å². The fraction of sp³-hybridized carbons (Fsp3) is 0.647. The molecule has 2 fully saturated rings. The van der Waals surface area contributed by atoms with E-state index in [0.29, 0.717) is 18.4 Å². The third-order valence-electron chi connectivity index (χ3n) is 5.09. The first kappa shape index (κ1) is 15.8. The van der Waals surface area contributed by atoms with E-state index in [1.165, 1.54) is 12.1 Å². The molecule has 0 spiro atoms. The Morgan fingerprint density at radius 2 is 1.59 bits per heavy atom. The summed E-state index contributed by atoms with van der Waals surface area (Å²) in [5.74, 6) is -0.982. The van der Waals surface area contributed by atoms with Gasteiger partial charge in [0.1, 0.15) is 5.82 Å². The van der Waals surface area contributed by atoms with Crippen LogP contribution in [-0.2, 0) is 0 Å². The molecule has 2 aliphatic carbocycles. The second kappa shape index (κ2) is 6.19. The number of halogens is 4. The van der Waals surface area contributed by atoms with E-state index < -0.39 is 12.1 Å². The van der Waals surface area contributed by atoms with Crippen molar-refractivity contribution in [2.24, 2.45) is 5.92 Å². The van der Waals surface area contributed by atoms with Crippen LogP contribution < -0.4 is 5.32 Å². The van der Waals surface area contributed by atoms with Gasteiger partial charge in [0.25, 0.3) is 0 Å². The highest BCUT2D eigenvalue weighted by atomic mass is 19.4. The molecule has 5 heteroatoms. The van der Waals surface area contributed by atoms with E-state index in [4.69, 9.17) is 0 Å². The summed E-state index contributed by atoms with van der Waals surface area (Å²) in [5.41, 5.74) is 1.12. The molecule has 1 aromatic carbocycles. The number of nitrogens with one attached hydrogen (secondary N) is 1. The Balaban J connectivity index is 1.47. The molecule has 0 bridgehead atoms. The molecule has 0 aromatic heterocycles. The van der Waals surface area contributed by atoms with E-state index in [1.807, 2.05) is 0 Å². The molecule has 1 nitrogen and oxygen atoms in total. The molecule has 0 radical (unpaired) electrons. The molecule has 3 rings (SSSR count). The van der Waals surface area contributed by atoms with Crippen LogP contribution in [-0.4, -0.2) is 18.3 Å². The minimum atomic E-state index is -4.06. The summed E-state index contributed by atoms with van der Waals surface area (Å²) in [6.45, 7) is 0. The first-order valence-electron chi connectivity index (χ1n) is 8.00. The molecule has 1 N–H and O–H groups in total. The molecule has 122 valence electrons. The van der Waals surface area contributed by atoms with E-state index in [-0.39, 0.29) is 24.7 Å². The van der Waals surface area contributed by atoms with Crippen molar-refractivity contribution in [1.29, 1.82) is 0 Å². The quantitative estimate of drug-likeness (QED) is 0.791. The Labute approximate surface area is 128 Å². The standard InChI is InChI=1S/C17H21F4N/c18-14-6-4-11(5-7-14)12-8-16(9-12)22-15-3-1-2-13(10-15)17(19,20)21/h4-7,12-13,15-16,22H,1-3,8-10H2. The molecule has 2 unspecified atom stereocenters. The fourth-order valence-corrected chi connectivity index (χ4v) is 3.73. The summed E-state index contributed by atoms with van der Waals surface area (Å²) < 4.78 is 51.3. The van der Waals surface area contributed by atoms with Crippen molar-refractivity contribution in [3.8, 4) is 0 Å². The highest BCUT2D eigenvalue weighted by Gasteiger charge is 2.43. The van der Waals surface area contributed by atoms with E-state index in [2.05, 4.69) is 5.32 Å². The lowest BCUT2D eigenvalue weighted by Crippen LogP contribution is -2.48. The lowest BCUT2D eigenvalue weighted by atomic mass is 9.75. The fourth-order valence-electron chi connectivity index (χ4n) is 3.73. The maximum Gasteiger partial charge on any atom is 0.391 e. The van der Waals surface area contributed by atoms with Crippen molar-refractivity contribution in [3.63, 3.8) is 0 Å². The predicted octanol–water partition coefficient (Wildman–Crippen LogP) is 4.78. The van der Waals surface area contributed by atoms with Crippen molar-refractivity contribution in [1.82, 2.24) is 5.32 Å². The maximum absolute atomic E-state index is 12.9. The number of hydrogen-bond donors (Lipinski definition) is 1. The summed E-state index contributed by atoms with van der Waals surface area (Å²) in [7, 11) is 0. The molecule has 0 amide bonds. The van der Waals surface area contributed by atoms with Gasteiger partial charge in [0.15, 0.2) is 0 Å². The molecule has 0 saturated heterocycles. The third kappa shape index (κ3) is 3.62. The van der Waals surface area contributed by atoms with Crippen LogP contribution in [0.2, 0.25) is 0 Å². The summed E-state index contributed by atoms with van der Waals surface area (Å²) in [4.78, 5) is 0. The maximum atomic E-state index is 12.9. The molecular weight excluding hydrogens is 294 g/mol. The molecule has 2 aliphatic rings. The SMILES string of the molecule is Fc1ccc(C2CC(NC3CCCC(C(F)(F)F)C3)C2)cc1. The van der Waals surface area contributed by atoms with E-state index >= 15 is 0 Å². The number of alkyl halides is 3. The van der Waals surface area contributed by atoms with Crippen molar-refractivity contribution in [2.45, 2.75) is 62.7 Å². The van der Waals surface area contributed by atoms with Gasteiger partial charge in [-0.25, -0.2) is 4.39 Å². The van der Waals surface area contributed by atoms with Crippen LogP contribution in [0.25, 0.3) is 0 Å². The molecular formula is C17H21F4N. The van der Waals surface area contributed by atoms with E-state index in [0.717, 1.165) is 24.8 Å². The topological polar surface area (TPSA) is 12.0 Å². The second-order valence-corrected chi connectivity index (χ2v) is 6.69. The average molecular weight is 315 g/mol. The summed E-state index contributed by atoms with van der Waals surface area (Å²) in [6, 6.07) is 6.81. The van der Waals surface area contributed by atoms with E-state index in [1.54, 1.807) is 12.1 Å². The van der Waals surface area contributed by atoms with Crippen LogP contribution in [0.3, 0.4) is 0 Å². The summed E-state index contributed by atoms with van der Waals surface area (Å²) in [5, 5.41) is 3.39. The van der Waals surface area contributed by atoms with Crippen LogP contribution in [0.5, 0.6) is 0 Å². The van der Waals surface area contributed by atoms with Gasteiger partial charge in [0.2, 0.25) is 0 Å². The Hall–Kier alpha value is -1.10. The van der Waals surface area contributed by atoms with Crippen molar-refractivity contribution in [2.75, 3.05) is 0 Å². The molecule has 2 saturated carbocycles. The minimum Gasteiger partial charge on any atom is -0.311 e. The van der Waals surface area contributed by atoms with Crippen molar-refractivity contribution >= 4 is 0 Å². The van der Waals surface area contributed by atoms with Crippen molar-refractivity contribution in [3.05, 3.63) is 35.6 Å². The summed E-state index contributed by atoms with van der Waals surface area (Å²) >= 11 is 0. The highest BCUT2D eigenvalue weighted by molar-refractivity contribution is 5.23. The van der Waals surface area contributed by atoms with Crippen LogP contribution in [0.4, 0.5) is 17.6 Å². The summed E-state index contributed by atoms with van der Waals surface area (Å²) in [6.07, 6.45) is -0.236. The number of hydrogen-bond acceptors (Lipinski definition) is 1. The van der Waals surface area contributed by atoms with Gasteiger partial charge in [-0.15, -0.1) is 0 Å². The minimum absolute atomic E-state index is 0.0143. The highest BCUT2D eigenvalue weighted by Crippen LogP contribution is 2.40. The van der Waals surface area contributed by atoms with Gasteiger partial charge in [-0.3, -0.25) is 0 Å². The number of benzene rings is 1. The van der Waals surface area contributed by atoms with Crippen LogP contribution in [0.15, 0.2) is 24.3 Å². The largest absolute Gasteiger partial charge is 0.391 e. The van der Waals surface area contributed by atoms with Gasteiger partial charge in [0.05, 0.1) is 5.92 Å².